The van der Waals surface area contributed by atoms with E-state index in [0.29, 0.717) is 0 Å². The highest BCUT2D eigenvalue weighted by Crippen LogP contribution is 2.12. The Balaban J connectivity index is 1.97. The van der Waals surface area contributed by atoms with E-state index in [-0.39, 0.29) is 5.54 Å². The minimum Gasteiger partial charge on any atom is -0.309 e. The van der Waals surface area contributed by atoms with E-state index < -0.39 is 0 Å². The molecule has 0 amide bonds. The van der Waals surface area contributed by atoms with Crippen molar-refractivity contribution in [1.29, 1.82) is 0 Å². The molecule has 4 nitrogen and oxygen atoms in total. The van der Waals surface area contributed by atoms with Crippen LogP contribution in [-0.2, 0) is 6.54 Å². The van der Waals surface area contributed by atoms with E-state index in [2.05, 4.69) is 34.0 Å². The average molecular weight is 220 g/mol. The summed E-state index contributed by atoms with van der Waals surface area (Å²) in [5, 5.41) is 3.51. The van der Waals surface area contributed by atoms with Crippen molar-refractivity contribution in [3.05, 3.63) is 23.8 Å². The topological polar surface area (TPSA) is 41.1 Å². The molecule has 0 saturated carbocycles. The van der Waals surface area contributed by atoms with E-state index in [1.807, 2.05) is 19.3 Å². The summed E-state index contributed by atoms with van der Waals surface area (Å²) in [6.07, 6.45) is 3.72. The predicted octanol–water partition coefficient (Wildman–Crippen LogP) is 0.969. The Hall–Kier alpha value is -1.00. The van der Waals surface area contributed by atoms with Crippen molar-refractivity contribution in [3.8, 4) is 0 Å². The molecule has 2 heterocycles. The summed E-state index contributed by atoms with van der Waals surface area (Å²) in [5.41, 5.74) is 2.24. The molecule has 88 valence electrons. The number of hydrogen-bond donors (Lipinski definition) is 1. The van der Waals surface area contributed by atoms with E-state index in [0.717, 1.165) is 37.6 Å². The first-order valence-corrected chi connectivity index (χ1v) is 5.80. The van der Waals surface area contributed by atoms with Crippen molar-refractivity contribution in [2.24, 2.45) is 0 Å². The third-order valence-corrected chi connectivity index (χ3v) is 2.87. The zero-order valence-corrected chi connectivity index (χ0v) is 10.3. The second-order valence-electron chi connectivity index (χ2n) is 5.17. The van der Waals surface area contributed by atoms with Gasteiger partial charge in [-0.3, -0.25) is 14.9 Å². The standard InChI is InChI=1S/C12H20N4/c1-10-6-14-11(7-13-10)8-16-5-4-15-12(2,3)9-16/h6-7,15H,4-5,8-9H2,1-3H3. The van der Waals surface area contributed by atoms with Crippen LogP contribution in [0.1, 0.15) is 25.2 Å². The monoisotopic (exact) mass is 220 g/mol. The highest BCUT2D eigenvalue weighted by atomic mass is 15.2. The van der Waals surface area contributed by atoms with Crippen LogP contribution in [-0.4, -0.2) is 40.0 Å². The van der Waals surface area contributed by atoms with Crippen LogP contribution in [0.4, 0.5) is 0 Å². The second-order valence-corrected chi connectivity index (χ2v) is 5.17. The van der Waals surface area contributed by atoms with Crippen LogP contribution >= 0.6 is 0 Å². The summed E-state index contributed by atoms with van der Waals surface area (Å²) < 4.78 is 0. The molecule has 0 atom stereocenters. The highest BCUT2D eigenvalue weighted by molar-refractivity contribution is 5.01. The molecule has 0 bridgehead atoms. The molecule has 16 heavy (non-hydrogen) atoms. The summed E-state index contributed by atoms with van der Waals surface area (Å²) in [4.78, 5) is 11.1. The number of rotatable bonds is 2. The average Bonchev–Trinajstić information content (AvgIpc) is 2.20. The fourth-order valence-corrected chi connectivity index (χ4v) is 2.11. The van der Waals surface area contributed by atoms with Gasteiger partial charge in [-0.25, -0.2) is 0 Å². The van der Waals surface area contributed by atoms with Crippen LogP contribution in [0.5, 0.6) is 0 Å². The predicted molar refractivity (Wildman–Crippen MR) is 64.1 cm³/mol. The third-order valence-electron chi connectivity index (χ3n) is 2.87. The lowest BCUT2D eigenvalue weighted by atomic mass is 10.0. The number of aromatic nitrogens is 2. The van der Waals surface area contributed by atoms with Crippen molar-refractivity contribution in [3.63, 3.8) is 0 Å². The van der Waals surface area contributed by atoms with Gasteiger partial charge in [-0.15, -0.1) is 0 Å². The van der Waals surface area contributed by atoms with Crippen molar-refractivity contribution in [1.82, 2.24) is 20.2 Å². The van der Waals surface area contributed by atoms with Crippen LogP contribution in [0, 0.1) is 6.92 Å². The van der Waals surface area contributed by atoms with Gasteiger partial charge in [0, 0.05) is 44.1 Å². The van der Waals surface area contributed by atoms with E-state index in [4.69, 9.17) is 0 Å². The molecule has 1 aromatic heterocycles. The highest BCUT2D eigenvalue weighted by Gasteiger charge is 2.25. The minimum atomic E-state index is 0.205. The number of nitrogens with zero attached hydrogens (tertiary/aromatic N) is 3. The summed E-state index contributed by atoms with van der Waals surface area (Å²) in [6, 6.07) is 0. The normalized spacial score (nSPS) is 20.9. The van der Waals surface area contributed by atoms with Crippen LogP contribution in [0.25, 0.3) is 0 Å². The smallest absolute Gasteiger partial charge is 0.0727 e. The number of aryl methyl sites for hydroxylation is 1. The van der Waals surface area contributed by atoms with Gasteiger partial charge < -0.3 is 5.32 Å². The molecular weight excluding hydrogens is 200 g/mol. The summed E-state index contributed by atoms with van der Waals surface area (Å²) >= 11 is 0. The van der Waals surface area contributed by atoms with Gasteiger partial charge in [0.2, 0.25) is 0 Å². The Morgan fingerprint density at radius 2 is 2.19 bits per heavy atom. The lowest BCUT2D eigenvalue weighted by molar-refractivity contribution is 0.147. The lowest BCUT2D eigenvalue weighted by Gasteiger charge is -2.38. The zero-order valence-electron chi connectivity index (χ0n) is 10.3. The first-order chi connectivity index (χ1) is 7.55. The molecule has 1 aliphatic rings. The van der Waals surface area contributed by atoms with Crippen molar-refractivity contribution in [2.45, 2.75) is 32.9 Å². The largest absolute Gasteiger partial charge is 0.309 e. The van der Waals surface area contributed by atoms with Crippen LogP contribution in [0.2, 0.25) is 0 Å². The van der Waals surface area contributed by atoms with Crippen molar-refractivity contribution >= 4 is 0 Å². The van der Waals surface area contributed by atoms with E-state index >= 15 is 0 Å². The molecule has 1 N–H and O–H groups in total. The maximum atomic E-state index is 4.40. The van der Waals surface area contributed by atoms with Gasteiger partial charge in [0.05, 0.1) is 11.4 Å². The van der Waals surface area contributed by atoms with E-state index in [1.54, 1.807) is 0 Å². The van der Waals surface area contributed by atoms with Gasteiger partial charge in [-0.05, 0) is 20.8 Å². The van der Waals surface area contributed by atoms with Gasteiger partial charge in [-0.1, -0.05) is 0 Å². The van der Waals surface area contributed by atoms with Crippen molar-refractivity contribution < 1.29 is 0 Å². The molecule has 1 saturated heterocycles. The van der Waals surface area contributed by atoms with Gasteiger partial charge in [0.1, 0.15) is 0 Å². The zero-order chi connectivity index (χ0) is 11.6. The lowest BCUT2D eigenvalue weighted by Crippen LogP contribution is -2.56. The number of hydrogen-bond acceptors (Lipinski definition) is 4. The maximum Gasteiger partial charge on any atom is 0.0727 e. The summed E-state index contributed by atoms with van der Waals surface area (Å²) in [6.45, 7) is 10.5. The summed E-state index contributed by atoms with van der Waals surface area (Å²) in [7, 11) is 0. The Bertz CT molecular complexity index is 345. The Morgan fingerprint density at radius 1 is 1.38 bits per heavy atom. The van der Waals surface area contributed by atoms with E-state index in [9.17, 15) is 0 Å². The molecule has 4 heteroatoms. The third kappa shape index (κ3) is 3.00. The molecule has 0 aromatic carbocycles. The van der Waals surface area contributed by atoms with Gasteiger partial charge in [0.25, 0.3) is 0 Å². The molecular formula is C12H20N4. The first-order valence-electron chi connectivity index (χ1n) is 5.80. The molecule has 1 aliphatic heterocycles. The molecule has 1 fully saturated rings. The van der Waals surface area contributed by atoms with Gasteiger partial charge in [0.15, 0.2) is 0 Å². The maximum absolute atomic E-state index is 4.40. The molecule has 0 unspecified atom stereocenters. The van der Waals surface area contributed by atoms with Crippen LogP contribution < -0.4 is 5.32 Å². The number of piperazine rings is 1. The Labute approximate surface area is 97.1 Å². The SMILES string of the molecule is Cc1cnc(CN2CCNC(C)(C)C2)cn1. The second kappa shape index (κ2) is 4.47. The molecule has 2 rings (SSSR count). The fourth-order valence-electron chi connectivity index (χ4n) is 2.11. The minimum absolute atomic E-state index is 0.205. The van der Waals surface area contributed by atoms with Crippen molar-refractivity contribution in [2.75, 3.05) is 19.6 Å². The summed E-state index contributed by atoms with van der Waals surface area (Å²) in [5.74, 6) is 0. The molecule has 0 aliphatic carbocycles. The van der Waals surface area contributed by atoms with Gasteiger partial charge in [-0.2, -0.15) is 0 Å². The first kappa shape index (κ1) is 11.5. The van der Waals surface area contributed by atoms with Gasteiger partial charge >= 0.3 is 0 Å². The molecule has 1 aromatic rings. The van der Waals surface area contributed by atoms with Crippen LogP contribution in [0.3, 0.4) is 0 Å². The fraction of sp³-hybridized carbons (Fsp3) is 0.667. The van der Waals surface area contributed by atoms with Crippen LogP contribution in [0.15, 0.2) is 12.4 Å². The molecule has 0 spiro atoms. The molecule has 0 radical (unpaired) electrons. The Morgan fingerprint density at radius 3 is 2.81 bits per heavy atom. The Kier molecular flexibility index (Phi) is 3.21. The number of nitrogens with one attached hydrogen (secondary N) is 1. The van der Waals surface area contributed by atoms with E-state index in [1.165, 1.54) is 0 Å². The quantitative estimate of drug-likeness (QED) is 0.806.